The van der Waals surface area contributed by atoms with E-state index in [2.05, 4.69) is 15.8 Å². The summed E-state index contributed by atoms with van der Waals surface area (Å²) in [6, 6.07) is 19.3. The highest BCUT2D eigenvalue weighted by molar-refractivity contribution is 6.36. The SMILES string of the molecule is COc1cc(/C=N\NC(=O)C(=O)N[C@@H](C)c2ccccc2)ccc1OCc1c(Cl)cccc1Cl. The lowest BCUT2D eigenvalue weighted by molar-refractivity contribution is -0.139. The maximum Gasteiger partial charge on any atom is 0.329 e. The van der Waals surface area contributed by atoms with Crippen molar-refractivity contribution < 1.29 is 19.1 Å². The predicted octanol–water partition coefficient (Wildman–Crippen LogP) is 4.91. The van der Waals surface area contributed by atoms with Crippen molar-refractivity contribution in [3.8, 4) is 11.5 Å². The van der Waals surface area contributed by atoms with Crippen LogP contribution < -0.4 is 20.2 Å². The first-order chi connectivity index (χ1) is 16.4. The van der Waals surface area contributed by atoms with Crippen LogP contribution in [0.1, 0.15) is 29.7 Å². The molecule has 0 fully saturated rings. The molecular formula is C25H23Cl2N3O4. The molecule has 3 aromatic carbocycles. The molecule has 0 spiro atoms. The number of methoxy groups -OCH3 is 1. The second kappa shape index (κ2) is 12.1. The van der Waals surface area contributed by atoms with Crippen molar-refractivity contribution in [2.75, 3.05) is 7.11 Å². The third-order valence-corrected chi connectivity index (χ3v) is 5.56. The molecule has 0 saturated carbocycles. The van der Waals surface area contributed by atoms with Crippen molar-refractivity contribution in [3.05, 3.63) is 93.5 Å². The average molecular weight is 500 g/mol. The van der Waals surface area contributed by atoms with Gasteiger partial charge in [0.05, 0.1) is 19.4 Å². The van der Waals surface area contributed by atoms with Crippen molar-refractivity contribution >= 4 is 41.2 Å². The van der Waals surface area contributed by atoms with E-state index in [-0.39, 0.29) is 12.6 Å². The normalized spacial score (nSPS) is 11.6. The highest BCUT2D eigenvalue weighted by Gasteiger charge is 2.16. The smallest absolute Gasteiger partial charge is 0.329 e. The molecule has 0 heterocycles. The van der Waals surface area contributed by atoms with Crippen LogP contribution in [0.4, 0.5) is 0 Å². The monoisotopic (exact) mass is 499 g/mol. The van der Waals surface area contributed by atoms with Crippen LogP contribution in [0.25, 0.3) is 0 Å². The minimum absolute atomic E-state index is 0.162. The van der Waals surface area contributed by atoms with Gasteiger partial charge in [0.25, 0.3) is 0 Å². The minimum atomic E-state index is -0.873. The average Bonchev–Trinajstić information content (AvgIpc) is 2.84. The topological polar surface area (TPSA) is 89.0 Å². The largest absolute Gasteiger partial charge is 0.493 e. The van der Waals surface area contributed by atoms with Gasteiger partial charge in [-0.15, -0.1) is 0 Å². The molecule has 0 unspecified atom stereocenters. The Kier molecular flexibility index (Phi) is 8.90. The number of amides is 2. The fraction of sp³-hybridized carbons (Fsp3) is 0.160. The Balaban J connectivity index is 1.57. The van der Waals surface area contributed by atoms with Crippen LogP contribution in [0, 0.1) is 0 Å². The first-order valence-corrected chi connectivity index (χ1v) is 11.1. The Labute approximate surface area is 207 Å². The summed E-state index contributed by atoms with van der Waals surface area (Å²) in [6.07, 6.45) is 1.39. The van der Waals surface area contributed by atoms with Gasteiger partial charge in [0.1, 0.15) is 6.61 Å². The number of hydrazone groups is 1. The zero-order chi connectivity index (χ0) is 24.5. The number of carbonyl (C=O) groups excluding carboxylic acids is 2. The number of nitrogens with one attached hydrogen (secondary N) is 2. The van der Waals surface area contributed by atoms with Gasteiger partial charge in [0, 0.05) is 15.6 Å². The third-order valence-electron chi connectivity index (χ3n) is 4.85. The zero-order valence-electron chi connectivity index (χ0n) is 18.5. The van der Waals surface area contributed by atoms with E-state index >= 15 is 0 Å². The van der Waals surface area contributed by atoms with Crippen LogP contribution in [-0.2, 0) is 16.2 Å². The first kappa shape index (κ1) is 25.1. The van der Waals surface area contributed by atoms with Crippen molar-refractivity contribution in [1.29, 1.82) is 0 Å². The fourth-order valence-corrected chi connectivity index (χ4v) is 3.51. The standard InChI is InChI=1S/C25H23Cl2N3O4/c1-16(18-7-4-3-5-8-18)29-24(31)25(32)30-28-14-17-11-12-22(23(13-17)33-2)34-15-19-20(26)9-6-10-21(19)27/h3-14,16H,15H2,1-2H3,(H,29,31)(H,30,32)/b28-14-/t16-/m0/s1. The Bertz CT molecular complexity index is 1170. The number of hydrogen-bond acceptors (Lipinski definition) is 5. The Morgan fingerprint density at radius 1 is 0.971 bits per heavy atom. The van der Waals surface area contributed by atoms with Crippen LogP contribution in [0.15, 0.2) is 71.8 Å². The second-order valence-corrected chi connectivity index (χ2v) is 8.02. The highest BCUT2D eigenvalue weighted by atomic mass is 35.5. The molecule has 7 nitrogen and oxygen atoms in total. The van der Waals surface area contributed by atoms with E-state index in [1.165, 1.54) is 13.3 Å². The number of nitrogens with zero attached hydrogens (tertiary/aromatic N) is 1. The van der Waals surface area contributed by atoms with Gasteiger partial charge >= 0.3 is 11.8 Å². The molecule has 0 aliphatic carbocycles. The van der Waals surface area contributed by atoms with Gasteiger partial charge in [0.2, 0.25) is 0 Å². The van der Waals surface area contributed by atoms with Gasteiger partial charge in [-0.25, -0.2) is 5.43 Å². The Morgan fingerprint density at radius 2 is 1.68 bits per heavy atom. The molecule has 0 radical (unpaired) electrons. The van der Waals surface area contributed by atoms with Crippen LogP contribution >= 0.6 is 23.2 Å². The molecule has 0 aliphatic rings. The molecule has 0 aromatic heterocycles. The van der Waals surface area contributed by atoms with Gasteiger partial charge < -0.3 is 14.8 Å². The summed E-state index contributed by atoms with van der Waals surface area (Å²) < 4.78 is 11.2. The summed E-state index contributed by atoms with van der Waals surface area (Å²) in [6.45, 7) is 1.95. The predicted molar refractivity (Wildman–Crippen MR) is 133 cm³/mol. The second-order valence-electron chi connectivity index (χ2n) is 7.20. The number of hydrogen-bond donors (Lipinski definition) is 2. The molecule has 9 heteroatoms. The van der Waals surface area contributed by atoms with Crippen molar-refractivity contribution in [2.24, 2.45) is 5.10 Å². The maximum absolute atomic E-state index is 12.1. The number of benzene rings is 3. The number of ether oxygens (including phenoxy) is 2. The maximum atomic E-state index is 12.1. The van der Waals surface area contributed by atoms with E-state index < -0.39 is 11.8 Å². The van der Waals surface area contributed by atoms with Gasteiger partial charge in [0.15, 0.2) is 11.5 Å². The lowest BCUT2D eigenvalue weighted by atomic mass is 10.1. The molecule has 2 N–H and O–H groups in total. The van der Waals surface area contributed by atoms with E-state index in [4.69, 9.17) is 32.7 Å². The lowest BCUT2D eigenvalue weighted by Crippen LogP contribution is -2.39. The molecule has 176 valence electrons. The summed E-state index contributed by atoms with van der Waals surface area (Å²) in [5.41, 5.74) is 4.39. The van der Waals surface area contributed by atoms with Crippen LogP contribution in [-0.4, -0.2) is 25.1 Å². The summed E-state index contributed by atoms with van der Waals surface area (Å²) >= 11 is 12.4. The number of halogens is 2. The molecule has 3 rings (SSSR count). The molecule has 3 aromatic rings. The summed E-state index contributed by atoms with van der Waals surface area (Å²) in [7, 11) is 1.51. The van der Waals surface area contributed by atoms with Crippen LogP contribution in [0.5, 0.6) is 11.5 Å². The van der Waals surface area contributed by atoms with Crippen molar-refractivity contribution in [1.82, 2.24) is 10.7 Å². The molecule has 0 aliphatic heterocycles. The van der Waals surface area contributed by atoms with Gasteiger partial charge in [-0.05, 0) is 48.4 Å². The van der Waals surface area contributed by atoms with Gasteiger partial charge in [-0.2, -0.15) is 5.10 Å². The molecule has 0 saturated heterocycles. The van der Waals surface area contributed by atoms with E-state index in [0.29, 0.717) is 32.7 Å². The van der Waals surface area contributed by atoms with Crippen LogP contribution in [0.2, 0.25) is 10.0 Å². The Morgan fingerprint density at radius 3 is 2.35 bits per heavy atom. The third kappa shape index (κ3) is 6.73. The number of rotatable bonds is 8. The molecule has 0 bridgehead atoms. The van der Waals surface area contributed by atoms with Gasteiger partial charge in [-0.3, -0.25) is 9.59 Å². The van der Waals surface area contributed by atoms with E-state index in [9.17, 15) is 9.59 Å². The molecular weight excluding hydrogens is 477 g/mol. The molecule has 34 heavy (non-hydrogen) atoms. The first-order valence-electron chi connectivity index (χ1n) is 10.3. The number of carbonyl (C=O) groups is 2. The lowest BCUT2D eigenvalue weighted by Gasteiger charge is -2.13. The van der Waals surface area contributed by atoms with Crippen molar-refractivity contribution in [2.45, 2.75) is 19.6 Å². The van der Waals surface area contributed by atoms with Crippen LogP contribution in [0.3, 0.4) is 0 Å². The van der Waals surface area contributed by atoms with Gasteiger partial charge in [-0.1, -0.05) is 59.6 Å². The summed E-state index contributed by atoms with van der Waals surface area (Å²) in [5.74, 6) is -0.725. The quantitative estimate of drug-likeness (QED) is 0.261. The molecule has 1 atom stereocenters. The van der Waals surface area contributed by atoms with E-state index in [0.717, 1.165) is 5.56 Å². The van der Waals surface area contributed by atoms with Crippen molar-refractivity contribution in [3.63, 3.8) is 0 Å². The minimum Gasteiger partial charge on any atom is -0.493 e. The fourth-order valence-electron chi connectivity index (χ4n) is 3.01. The van der Waals surface area contributed by atoms with E-state index in [1.807, 2.05) is 30.3 Å². The molecule has 2 amide bonds. The zero-order valence-corrected chi connectivity index (χ0v) is 20.1. The summed E-state index contributed by atoms with van der Waals surface area (Å²) in [4.78, 5) is 24.1. The summed E-state index contributed by atoms with van der Waals surface area (Å²) in [5, 5.41) is 7.49. The van der Waals surface area contributed by atoms with E-state index in [1.54, 1.807) is 43.3 Å². The highest BCUT2D eigenvalue weighted by Crippen LogP contribution is 2.31. The Hall–Kier alpha value is -3.55.